The van der Waals surface area contributed by atoms with Crippen LogP contribution in [0.2, 0.25) is 0 Å². The van der Waals surface area contributed by atoms with Crippen LogP contribution in [0.5, 0.6) is 0 Å². The van der Waals surface area contributed by atoms with Gasteiger partial charge >= 0.3 is 0 Å². The van der Waals surface area contributed by atoms with Crippen molar-refractivity contribution >= 4 is 5.91 Å². The third-order valence-corrected chi connectivity index (χ3v) is 4.77. The number of aliphatic hydroxyl groups is 1. The highest BCUT2D eigenvalue weighted by atomic mass is 16.3. The van der Waals surface area contributed by atoms with Gasteiger partial charge in [-0.1, -0.05) is 27.2 Å². The molecule has 0 aromatic heterocycles. The molecule has 19 heavy (non-hydrogen) atoms. The van der Waals surface area contributed by atoms with E-state index in [-0.39, 0.29) is 18.1 Å². The number of carbonyl (C=O) groups is 1. The molecule has 2 fully saturated rings. The SMILES string of the molecule is CC1CCC(C(C)C)C(NC(=O)C2CC(O)CN2)C1. The van der Waals surface area contributed by atoms with E-state index in [9.17, 15) is 9.90 Å². The first kappa shape index (κ1) is 14.8. The lowest BCUT2D eigenvalue weighted by atomic mass is 9.74. The highest BCUT2D eigenvalue weighted by Crippen LogP contribution is 2.33. The lowest BCUT2D eigenvalue weighted by Crippen LogP contribution is -2.50. The summed E-state index contributed by atoms with van der Waals surface area (Å²) in [5.41, 5.74) is 0. The molecule has 0 spiro atoms. The van der Waals surface area contributed by atoms with Gasteiger partial charge in [0.1, 0.15) is 0 Å². The van der Waals surface area contributed by atoms with Gasteiger partial charge in [0.15, 0.2) is 0 Å². The Morgan fingerprint density at radius 3 is 2.63 bits per heavy atom. The summed E-state index contributed by atoms with van der Waals surface area (Å²) in [5.74, 6) is 1.97. The van der Waals surface area contributed by atoms with Crippen molar-refractivity contribution in [2.45, 2.75) is 64.6 Å². The highest BCUT2D eigenvalue weighted by Gasteiger charge is 2.34. The second-order valence-corrected chi connectivity index (χ2v) is 6.79. The molecular weight excluding hydrogens is 240 g/mol. The number of amides is 1. The van der Waals surface area contributed by atoms with Crippen LogP contribution in [0.3, 0.4) is 0 Å². The Kier molecular flexibility index (Phi) is 4.85. The van der Waals surface area contributed by atoms with Gasteiger partial charge in [0.25, 0.3) is 0 Å². The van der Waals surface area contributed by atoms with Crippen LogP contribution in [0.4, 0.5) is 0 Å². The fraction of sp³-hybridized carbons (Fsp3) is 0.933. The summed E-state index contributed by atoms with van der Waals surface area (Å²) in [7, 11) is 0. The number of nitrogens with one attached hydrogen (secondary N) is 2. The molecule has 0 aromatic carbocycles. The third kappa shape index (κ3) is 3.69. The zero-order valence-electron chi connectivity index (χ0n) is 12.4. The molecule has 2 aliphatic rings. The maximum absolute atomic E-state index is 12.2. The maximum Gasteiger partial charge on any atom is 0.237 e. The van der Waals surface area contributed by atoms with Crippen molar-refractivity contribution in [3.05, 3.63) is 0 Å². The number of hydrogen-bond acceptors (Lipinski definition) is 3. The van der Waals surface area contributed by atoms with Gasteiger partial charge in [-0.15, -0.1) is 0 Å². The van der Waals surface area contributed by atoms with Crippen molar-refractivity contribution in [3.63, 3.8) is 0 Å². The van der Waals surface area contributed by atoms with E-state index in [4.69, 9.17) is 0 Å². The number of carbonyl (C=O) groups excluding carboxylic acids is 1. The molecule has 2 rings (SSSR count). The summed E-state index contributed by atoms with van der Waals surface area (Å²) < 4.78 is 0. The molecule has 1 aliphatic heterocycles. The zero-order valence-corrected chi connectivity index (χ0v) is 12.4. The quantitative estimate of drug-likeness (QED) is 0.723. The maximum atomic E-state index is 12.2. The summed E-state index contributed by atoms with van der Waals surface area (Å²) in [5, 5.41) is 15.8. The summed E-state index contributed by atoms with van der Waals surface area (Å²) in [6, 6.07) is 0.0934. The Bertz CT molecular complexity index is 319. The standard InChI is InChI=1S/C15H28N2O2/c1-9(2)12-5-4-10(3)6-13(12)17-15(19)14-7-11(18)8-16-14/h9-14,16,18H,4-8H2,1-3H3,(H,17,19). The van der Waals surface area contributed by atoms with Crippen LogP contribution in [-0.2, 0) is 4.79 Å². The number of aliphatic hydroxyl groups excluding tert-OH is 1. The lowest BCUT2D eigenvalue weighted by molar-refractivity contribution is -0.124. The van der Waals surface area contributed by atoms with Gasteiger partial charge < -0.3 is 15.7 Å². The first-order valence-electron chi connectivity index (χ1n) is 7.69. The summed E-state index contributed by atoms with van der Waals surface area (Å²) in [6.07, 6.45) is 3.74. The van der Waals surface area contributed by atoms with Gasteiger partial charge in [0.05, 0.1) is 12.1 Å². The molecule has 1 aliphatic carbocycles. The van der Waals surface area contributed by atoms with Gasteiger partial charge in [-0.25, -0.2) is 0 Å². The van der Waals surface area contributed by atoms with Gasteiger partial charge in [0.2, 0.25) is 5.91 Å². The Morgan fingerprint density at radius 1 is 1.32 bits per heavy atom. The smallest absolute Gasteiger partial charge is 0.237 e. The fourth-order valence-electron chi connectivity index (χ4n) is 3.57. The van der Waals surface area contributed by atoms with Crippen molar-refractivity contribution in [2.75, 3.05) is 6.54 Å². The van der Waals surface area contributed by atoms with Crippen LogP contribution < -0.4 is 10.6 Å². The Morgan fingerprint density at radius 2 is 2.05 bits per heavy atom. The van der Waals surface area contributed by atoms with E-state index in [2.05, 4.69) is 31.4 Å². The molecule has 3 N–H and O–H groups in total. The van der Waals surface area contributed by atoms with Gasteiger partial charge in [0, 0.05) is 12.6 Å². The molecule has 110 valence electrons. The lowest BCUT2D eigenvalue weighted by Gasteiger charge is -2.38. The Labute approximate surface area is 116 Å². The predicted octanol–water partition coefficient (Wildman–Crippen LogP) is 1.29. The van der Waals surface area contributed by atoms with E-state index in [1.54, 1.807) is 0 Å². The second-order valence-electron chi connectivity index (χ2n) is 6.79. The molecule has 1 saturated heterocycles. The average molecular weight is 268 g/mol. The minimum absolute atomic E-state index is 0.0706. The van der Waals surface area contributed by atoms with Crippen molar-refractivity contribution in [1.82, 2.24) is 10.6 Å². The monoisotopic (exact) mass is 268 g/mol. The highest BCUT2D eigenvalue weighted by molar-refractivity contribution is 5.82. The summed E-state index contributed by atoms with van der Waals surface area (Å²) in [4.78, 5) is 12.2. The van der Waals surface area contributed by atoms with Crippen LogP contribution in [0.25, 0.3) is 0 Å². The van der Waals surface area contributed by atoms with Gasteiger partial charge in [-0.3, -0.25) is 4.79 Å². The molecule has 5 atom stereocenters. The molecule has 0 radical (unpaired) electrons. The number of hydrogen-bond donors (Lipinski definition) is 3. The topological polar surface area (TPSA) is 61.4 Å². The Balaban J connectivity index is 1.92. The van der Waals surface area contributed by atoms with E-state index >= 15 is 0 Å². The van der Waals surface area contributed by atoms with Gasteiger partial charge in [-0.05, 0) is 37.0 Å². The minimum Gasteiger partial charge on any atom is -0.392 e. The summed E-state index contributed by atoms with van der Waals surface area (Å²) >= 11 is 0. The Hall–Kier alpha value is -0.610. The molecular formula is C15H28N2O2. The van der Waals surface area contributed by atoms with E-state index in [0.717, 1.165) is 6.42 Å². The summed E-state index contributed by atoms with van der Waals surface area (Å²) in [6.45, 7) is 7.30. The van der Waals surface area contributed by atoms with Crippen LogP contribution in [0, 0.1) is 17.8 Å². The van der Waals surface area contributed by atoms with E-state index < -0.39 is 0 Å². The first-order chi connectivity index (χ1) is 8.97. The van der Waals surface area contributed by atoms with E-state index in [0.29, 0.717) is 36.8 Å². The number of rotatable bonds is 3. The van der Waals surface area contributed by atoms with Crippen LogP contribution in [-0.4, -0.2) is 35.7 Å². The van der Waals surface area contributed by atoms with E-state index in [1.807, 2.05) is 0 Å². The van der Waals surface area contributed by atoms with Crippen LogP contribution in [0.1, 0.15) is 46.5 Å². The van der Waals surface area contributed by atoms with Crippen molar-refractivity contribution in [2.24, 2.45) is 17.8 Å². The number of β-amino-alcohol motifs (C(OH)–C–C–N with tert-alkyl or cyclic N) is 1. The fourth-order valence-corrected chi connectivity index (χ4v) is 3.57. The zero-order chi connectivity index (χ0) is 14.0. The molecule has 0 aromatic rings. The predicted molar refractivity (Wildman–Crippen MR) is 75.7 cm³/mol. The normalized spacial score (nSPS) is 39.5. The molecule has 1 saturated carbocycles. The molecule has 1 amide bonds. The van der Waals surface area contributed by atoms with Crippen LogP contribution in [0.15, 0.2) is 0 Å². The first-order valence-corrected chi connectivity index (χ1v) is 7.69. The molecule has 4 heteroatoms. The minimum atomic E-state index is -0.373. The van der Waals surface area contributed by atoms with Crippen molar-refractivity contribution in [1.29, 1.82) is 0 Å². The molecule has 5 unspecified atom stereocenters. The average Bonchev–Trinajstić information content (AvgIpc) is 2.75. The third-order valence-electron chi connectivity index (χ3n) is 4.77. The van der Waals surface area contributed by atoms with Crippen LogP contribution >= 0.6 is 0 Å². The largest absolute Gasteiger partial charge is 0.392 e. The van der Waals surface area contributed by atoms with E-state index in [1.165, 1.54) is 12.8 Å². The van der Waals surface area contributed by atoms with Crippen molar-refractivity contribution < 1.29 is 9.90 Å². The molecule has 4 nitrogen and oxygen atoms in total. The van der Waals surface area contributed by atoms with Gasteiger partial charge in [-0.2, -0.15) is 0 Å². The second kappa shape index (κ2) is 6.23. The molecule has 0 bridgehead atoms. The molecule has 1 heterocycles. The van der Waals surface area contributed by atoms with Crippen molar-refractivity contribution in [3.8, 4) is 0 Å².